The van der Waals surface area contributed by atoms with Crippen molar-refractivity contribution >= 4 is 17.6 Å². The van der Waals surface area contributed by atoms with Gasteiger partial charge in [0.2, 0.25) is 0 Å². The molecule has 0 bridgehead atoms. The van der Waals surface area contributed by atoms with Gasteiger partial charge in [-0.1, -0.05) is 38.4 Å². The molecule has 0 aromatic carbocycles. The number of rotatable bonds is 6. The van der Waals surface area contributed by atoms with Gasteiger partial charge in [0.25, 0.3) is 5.91 Å². The van der Waals surface area contributed by atoms with E-state index in [-0.39, 0.29) is 29.5 Å². The molecule has 7 nitrogen and oxygen atoms in total. The summed E-state index contributed by atoms with van der Waals surface area (Å²) in [5.74, 6) is 0.272. The van der Waals surface area contributed by atoms with Crippen LogP contribution in [0.15, 0.2) is 16.8 Å². The van der Waals surface area contributed by atoms with Crippen molar-refractivity contribution in [3.8, 4) is 0 Å². The first-order valence-corrected chi connectivity index (χ1v) is 12.7. The number of amides is 1. The largest absolute Gasteiger partial charge is 0.480 e. The summed E-state index contributed by atoms with van der Waals surface area (Å²) in [5.41, 5.74) is 2.60. The Bertz CT molecular complexity index is 852. The normalized spacial score (nSPS) is 39.8. The number of oxime groups is 1. The molecule has 0 aromatic heterocycles. The topological polar surface area (TPSA) is 108 Å². The molecule has 33 heavy (non-hydrogen) atoms. The lowest BCUT2D eigenvalue weighted by Crippen LogP contribution is -2.51. The molecule has 3 N–H and O–H groups in total. The standard InChI is InChI=1S/C26H40N2O5/c1-15(2)23(24(31)32)27-22(30)14-33-28-17-9-11-25(3)16(13-17)5-6-18-19-7-8-21(29)26(19,4)12-10-20(18)25/h13,15,18-21,23,29H,5-12,14H2,1-4H3,(H,27,30)(H,31,32)/b28-17+/t18-,19+,20-,21-,23+,25-,26-/m0/s1. The lowest BCUT2D eigenvalue weighted by atomic mass is 9.47. The van der Waals surface area contributed by atoms with Crippen molar-refractivity contribution in [2.24, 2.45) is 39.7 Å². The number of nitrogens with one attached hydrogen (secondary N) is 1. The second-order valence-electron chi connectivity index (χ2n) is 11.6. The zero-order valence-electron chi connectivity index (χ0n) is 20.5. The lowest BCUT2D eigenvalue weighted by molar-refractivity contribution is -0.143. The van der Waals surface area contributed by atoms with Gasteiger partial charge in [0.15, 0.2) is 6.61 Å². The monoisotopic (exact) mass is 460 g/mol. The number of fused-ring (bicyclic) bond motifs is 5. The summed E-state index contributed by atoms with van der Waals surface area (Å²) < 4.78 is 0. The van der Waals surface area contributed by atoms with Crippen molar-refractivity contribution in [2.45, 2.75) is 91.2 Å². The number of carbonyl (C=O) groups excluding carboxylic acids is 1. The molecule has 0 unspecified atom stereocenters. The van der Waals surface area contributed by atoms with Gasteiger partial charge in [-0.25, -0.2) is 4.79 Å². The van der Waals surface area contributed by atoms with Crippen molar-refractivity contribution in [3.63, 3.8) is 0 Å². The zero-order valence-corrected chi connectivity index (χ0v) is 20.5. The molecule has 4 aliphatic rings. The van der Waals surface area contributed by atoms with Gasteiger partial charge < -0.3 is 20.4 Å². The van der Waals surface area contributed by atoms with Gasteiger partial charge in [0.1, 0.15) is 6.04 Å². The number of carbonyl (C=O) groups is 2. The first kappa shape index (κ1) is 24.2. The van der Waals surface area contributed by atoms with Crippen LogP contribution in [0.2, 0.25) is 0 Å². The van der Waals surface area contributed by atoms with E-state index >= 15 is 0 Å². The molecule has 4 rings (SSSR count). The van der Waals surface area contributed by atoms with E-state index in [0.717, 1.165) is 44.2 Å². The van der Waals surface area contributed by atoms with Crippen molar-refractivity contribution in [2.75, 3.05) is 6.61 Å². The van der Waals surface area contributed by atoms with Gasteiger partial charge in [-0.3, -0.25) is 4.79 Å². The smallest absolute Gasteiger partial charge is 0.326 e. The third kappa shape index (κ3) is 4.33. The lowest BCUT2D eigenvalue weighted by Gasteiger charge is -2.57. The van der Waals surface area contributed by atoms with E-state index in [4.69, 9.17) is 4.84 Å². The minimum absolute atomic E-state index is 0.101. The van der Waals surface area contributed by atoms with E-state index in [0.29, 0.717) is 17.8 Å². The Morgan fingerprint density at radius 3 is 2.61 bits per heavy atom. The fraction of sp³-hybridized carbons (Fsp3) is 0.808. The maximum absolute atomic E-state index is 12.1. The molecular weight excluding hydrogens is 420 g/mol. The molecule has 3 saturated carbocycles. The van der Waals surface area contributed by atoms with Crippen molar-refractivity contribution in [1.82, 2.24) is 5.32 Å². The molecule has 4 aliphatic carbocycles. The van der Waals surface area contributed by atoms with Crippen LogP contribution in [0.25, 0.3) is 0 Å². The molecular formula is C26H40N2O5. The van der Waals surface area contributed by atoms with Crippen LogP contribution in [0.4, 0.5) is 0 Å². The molecule has 0 saturated heterocycles. The van der Waals surface area contributed by atoms with E-state index in [9.17, 15) is 19.8 Å². The molecule has 7 heteroatoms. The third-order valence-electron chi connectivity index (χ3n) is 9.55. The van der Waals surface area contributed by atoms with E-state index in [1.54, 1.807) is 13.8 Å². The van der Waals surface area contributed by atoms with Gasteiger partial charge in [-0.15, -0.1) is 0 Å². The summed E-state index contributed by atoms with van der Waals surface area (Å²) in [6.45, 7) is 7.96. The van der Waals surface area contributed by atoms with Crippen molar-refractivity contribution in [3.05, 3.63) is 11.6 Å². The molecule has 7 atom stereocenters. The summed E-state index contributed by atoms with van der Waals surface area (Å²) in [6.07, 6.45) is 10.6. The quantitative estimate of drug-likeness (QED) is 0.521. The molecule has 0 aromatic rings. The average Bonchev–Trinajstić information content (AvgIpc) is 3.06. The summed E-state index contributed by atoms with van der Waals surface area (Å²) in [5, 5.41) is 26.6. The van der Waals surface area contributed by atoms with Crippen LogP contribution in [-0.2, 0) is 14.4 Å². The number of hydrogen-bond donors (Lipinski definition) is 3. The molecule has 1 amide bonds. The van der Waals surface area contributed by atoms with Crippen LogP contribution in [0.1, 0.15) is 79.1 Å². The van der Waals surface area contributed by atoms with Crippen molar-refractivity contribution < 1.29 is 24.6 Å². The molecule has 3 fully saturated rings. The van der Waals surface area contributed by atoms with Gasteiger partial charge in [0, 0.05) is 0 Å². The van der Waals surface area contributed by atoms with Crippen LogP contribution >= 0.6 is 0 Å². The zero-order chi connectivity index (χ0) is 24.0. The number of aliphatic hydroxyl groups excluding tert-OH is 1. The fourth-order valence-corrected chi connectivity index (χ4v) is 7.52. The van der Waals surface area contributed by atoms with Crippen LogP contribution in [0.3, 0.4) is 0 Å². The molecule has 184 valence electrons. The summed E-state index contributed by atoms with van der Waals surface area (Å²) in [6, 6.07) is -0.931. The summed E-state index contributed by atoms with van der Waals surface area (Å²) in [7, 11) is 0. The first-order chi connectivity index (χ1) is 15.6. The number of carboxylic acids is 1. The van der Waals surface area contributed by atoms with E-state index in [2.05, 4.69) is 30.4 Å². The predicted octanol–water partition coefficient (Wildman–Crippen LogP) is 3.91. The Balaban J connectivity index is 1.39. The Morgan fingerprint density at radius 2 is 1.91 bits per heavy atom. The number of hydrogen-bond acceptors (Lipinski definition) is 5. The SMILES string of the molecule is CC(C)[C@@H](NC(=O)CO/N=C1/C=C2CC[C@H]3[C@H]4CC[C@H](O)[C@@]4(C)CC[C@@H]3[C@@]2(C)CC1)C(=O)O. The van der Waals surface area contributed by atoms with Crippen molar-refractivity contribution in [1.29, 1.82) is 0 Å². The summed E-state index contributed by atoms with van der Waals surface area (Å²) >= 11 is 0. The minimum atomic E-state index is -1.05. The highest BCUT2D eigenvalue weighted by molar-refractivity contribution is 5.96. The highest BCUT2D eigenvalue weighted by atomic mass is 16.6. The van der Waals surface area contributed by atoms with Gasteiger partial charge in [-0.05, 0) is 91.9 Å². The van der Waals surface area contributed by atoms with Crippen LogP contribution < -0.4 is 5.32 Å². The number of carboxylic acid groups (broad SMARTS) is 1. The maximum Gasteiger partial charge on any atom is 0.326 e. The Morgan fingerprint density at radius 1 is 1.15 bits per heavy atom. The van der Waals surface area contributed by atoms with Gasteiger partial charge >= 0.3 is 5.97 Å². The Labute approximate surface area is 197 Å². The fourth-order valence-electron chi connectivity index (χ4n) is 7.52. The van der Waals surface area contributed by atoms with Crippen LogP contribution in [0, 0.1) is 34.5 Å². The second kappa shape index (κ2) is 9.05. The number of aliphatic hydroxyl groups is 1. The number of aliphatic carboxylic acids is 1. The molecule has 0 radical (unpaired) electrons. The molecule has 0 aliphatic heterocycles. The average molecular weight is 461 g/mol. The first-order valence-electron chi connectivity index (χ1n) is 12.7. The third-order valence-corrected chi connectivity index (χ3v) is 9.55. The number of allylic oxidation sites excluding steroid dienone is 2. The predicted molar refractivity (Wildman–Crippen MR) is 126 cm³/mol. The van der Waals surface area contributed by atoms with Crippen LogP contribution in [-0.4, -0.2) is 46.6 Å². The maximum atomic E-state index is 12.1. The minimum Gasteiger partial charge on any atom is -0.480 e. The van der Waals surface area contributed by atoms with E-state index < -0.39 is 17.9 Å². The second-order valence-corrected chi connectivity index (χ2v) is 11.6. The van der Waals surface area contributed by atoms with Crippen LogP contribution in [0.5, 0.6) is 0 Å². The Kier molecular flexibility index (Phi) is 6.64. The highest BCUT2D eigenvalue weighted by Gasteiger charge is 2.58. The number of nitrogens with zero attached hydrogens (tertiary/aromatic N) is 1. The summed E-state index contributed by atoms with van der Waals surface area (Å²) in [4.78, 5) is 28.6. The van der Waals surface area contributed by atoms with E-state index in [1.165, 1.54) is 18.4 Å². The highest BCUT2D eigenvalue weighted by Crippen LogP contribution is 2.65. The Hall–Kier alpha value is -1.89. The van der Waals surface area contributed by atoms with Gasteiger partial charge in [0.05, 0.1) is 11.8 Å². The van der Waals surface area contributed by atoms with Gasteiger partial charge in [-0.2, -0.15) is 0 Å². The molecule has 0 spiro atoms. The molecule has 0 heterocycles. The van der Waals surface area contributed by atoms with E-state index in [1.807, 2.05) is 0 Å².